The van der Waals surface area contributed by atoms with E-state index in [4.69, 9.17) is 5.11 Å². The first-order valence-electron chi connectivity index (χ1n) is 4.93. The topological polar surface area (TPSA) is 138 Å². The van der Waals surface area contributed by atoms with Crippen molar-refractivity contribution >= 4 is 38.4 Å². The quantitative estimate of drug-likeness (QED) is 0.631. The highest BCUT2D eigenvalue weighted by atomic mass is 32.2. The molecule has 0 radical (unpaired) electrons. The molecule has 0 aromatic carbocycles. The van der Waals surface area contributed by atoms with Crippen LogP contribution in [-0.2, 0) is 19.6 Å². The summed E-state index contributed by atoms with van der Waals surface area (Å²) in [6, 6.07) is 0. The van der Waals surface area contributed by atoms with E-state index in [1.165, 1.54) is 20.8 Å². The number of carbonyl (C=O) groups excluding carboxylic acids is 1. The van der Waals surface area contributed by atoms with E-state index in [0.717, 1.165) is 0 Å². The predicted octanol–water partition coefficient (Wildman–Crippen LogP) is -0.362. The summed E-state index contributed by atoms with van der Waals surface area (Å²) in [6.07, 6.45) is 0. The van der Waals surface area contributed by atoms with Gasteiger partial charge in [0.15, 0.2) is 0 Å². The molecule has 0 aliphatic heterocycles. The fourth-order valence-corrected chi connectivity index (χ4v) is 3.26. The second-order valence-electron chi connectivity index (χ2n) is 4.09. The number of aliphatic carboxylic acids is 1. The zero-order valence-electron chi connectivity index (χ0n) is 10.3. The Hall–Kier alpha value is -1.59. The van der Waals surface area contributed by atoms with Crippen LogP contribution in [0.4, 0.5) is 5.13 Å². The van der Waals surface area contributed by atoms with E-state index < -0.39 is 31.8 Å². The molecule has 0 atom stereocenters. The van der Waals surface area contributed by atoms with Crippen molar-refractivity contribution in [2.75, 3.05) is 5.32 Å². The SMILES string of the molecule is CC(=O)Nc1nnc(S(=O)(=O)NC(C)(C)C(=O)O)s1. The van der Waals surface area contributed by atoms with Gasteiger partial charge in [-0.25, -0.2) is 8.42 Å². The molecule has 11 heteroatoms. The maximum absolute atomic E-state index is 11.9. The Morgan fingerprint density at radius 3 is 2.37 bits per heavy atom. The standard InChI is InChI=1S/C8H12N4O5S2/c1-4(13)9-6-10-11-7(18-6)19(16,17)12-8(2,3)5(14)15/h12H,1-3H3,(H,14,15)(H,9,10,13). The summed E-state index contributed by atoms with van der Waals surface area (Å²) in [5.74, 6) is -1.75. The van der Waals surface area contributed by atoms with E-state index in [9.17, 15) is 18.0 Å². The number of rotatable bonds is 5. The van der Waals surface area contributed by atoms with Crippen LogP contribution in [0.25, 0.3) is 0 Å². The monoisotopic (exact) mass is 308 g/mol. The number of hydrogen-bond donors (Lipinski definition) is 3. The predicted molar refractivity (Wildman–Crippen MR) is 66.2 cm³/mol. The van der Waals surface area contributed by atoms with Crippen LogP contribution in [0, 0.1) is 0 Å². The maximum Gasteiger partial charge on any atom is 0.324 e. The Morgan fingerprint density at radius 1 is 1.32 bits per heavy atom. The fourth-order valence-electron chi connectivity index (χ4n) is 0.943. The number of amides is 1. The van der Waals surface area contributed by atoms with E-state index >= 15 is 0 Å². The molecule has 3 N–H and O–H groups in total. The lowest BCUT2D eigenvalue weighted by Gasteiger charge is -2.19. The van der Waals surface area contributed by atoms with Gasteiger partial charge in [0.25, 0.3) is 10.0 Å². The van der Waals surface area contributed by atoms with E-state index in [1.54, 1.807) is 0 Å². The molecule has 19 heavy (non-hydrogen) atoms. The molecule has 0 aliphatic carbocycles. The van der Waals surface area contributed by atoms with Crippen LogP contribution in [0.2, 0.25) is 0 Å². The number of aromatic nitrogens is 2. The minimum Gasteiger partial charge on any atom is -0.480 e. The molecule has 0 saturated carbocycles. The molecule has 1 aromatic rings. The zero-order valence-corrected chi connectivity index (χ0v) is 11.9. The lowest BCUT2D eigenvalue weighted by molar-refractivity contribution is -0.142. The van der Waals surface area contributed by atoms with Crippen molar-refractivity contribution in [3.8, 4) is 0 Å². The largest absolute Gasteiger partial charge is 0.480 e. The highest BCUT2D eigenvalue weighted by Crippen LogP contribution is 2.21. The molecule has 0 bridgehead atoms. The summed E-state index contributed by atoms with van der Waals surface area (Å²) in [4.78, 5) is 21.6. The summed E-state index contributed by atoms with van der Waals surface area (Å²) in [5.41, 5.74) is -1.68. The van der Waals surface area contributed by atoms with Crippen molar-refractivity contribution in [2.24, 2.45) is 0 Å². The lowest BCUT2D eigenvalue weighted by atomic mass is 10.1. The number of hydrogen-bond acceptors (Lipinski definition) is 7. The minimum absolute atomic E-state index is 0.0148. The number of nitrogens with zero attached hydrogens (tertiary/aromatic N) is 2. The smallest absolute Gasteiger partial charge is 0.324 e. The molecule has 9 nitrogen and oxygen atoms in total. The van der Waals surface area contributed by atoms with Gasteiger partial charge in [0.1, 0.15) is 5.54 Å². The number of anilines is 1. The molecule has 0 fully saturated rings. The normalized spacial score (nSPS) is 12.2. The zero-order chi connectivity index (χ0) is 14.8. The van der Waals surface area contributed by atoms with Crippen LogP contribution in [0.5, 0.6) is 0 Å². The van der Waals surface area contributed by atoms with Crippen LogP contribution in [-0.4, -0.2) is 41.1 Å². The molecule has 0 unspecified atom stereocenters. The van der Waals surface area contributed by atoms with Gasteiger partial charge in [0.05, 0.1) is 0 Å². The molecule has 1 rings (SSSR count). The number of carbonyl (C=O) groups is 2. The van der Waals surface area contributed by atoms with Gasteiger partial charge in [0, 0.05) is 6.92 Å². The van der Waals surface area contributed by atoms with Crippen LogP contribution in [0.1, 0.15) is 20.8 Å². The van der Waals surface area contributed by atoms with Crippen molar-refractivity contribution in [3.05, 3.63) is 0 Å². The van der Waals surface area contributed by atoms with Gasteiger partial charge in [-0.15, -0.1) is 10.2 Å². The average Bonchev–Trinajstić information content (AvgIpc) is 2.63. The van der Waals surface area contributed by atoms with Crippen molar-refractivity contribution < 1.29 is 23.1 Å². The Bertz CT molecular complexity index is 606. The summed E-state index contributed by atoms with van der Waals surface area (Å²) in [7, 11) is -4.12. The third-order valence-corrected chi connectivity index (χ3v) is 4.71. The molecular formula is C8H12N4O5S2. The van der Waals surface area contributed by atoms with Crippen LogP contribution < -0.4 is 10.0 Å². The highest BCUT2D eigenvalue weighted by molar-refractivity contribution is 7.91. The lowest BCUT2D eigenvalue weighted by Crippen LogP contribution is -2.49. The van der Waals surface area contributed by atoms with Gasteiger partial charge in [-0.1, -0.05) is 11.3 Å². The molecule has 106 valence electrons. The Balaban J connectivity index is 2.98. The molecule has 1 heterocycles. The Labute approximate surface area is 113 Å². The number of carboxylic acids is 1. The van der Waals surface area contributed by atoms with Gasteiger partial charge in [-0.3, -0.25) is 9.59 Å². The summed E-state index contributed by atoms with van der Waals surface area (Å²) in [6.45, 7) is 3.63. The first-order valence-corrected chi connectivity index (χ1v) is 7.23. The van der Waals surface area contributed by atoms with Gasteiger partial charge in [0.2, 0.25) is 15.4 Å². The third-order valence-electron chi connectivity index (χ3n) is 1.84. The molecule has 1 aromatic heterocycles. The second kappa shape index (κ2) is 5.19. The Morgan fingerprint density at radius 2 is 1.89 bits per heavy atom. The average molecular weight is 308 g/mol. The third kappa shape index (κ3) is 3.94. The van der Waals surface area contributed by atoms with Crippen molar-refractivity contribution in [2.45, 2.75) is 30.6 Å². The van der Waals surface area contributed by atoms with Crippen LogP contribution in [0.3, 0.4) is 0 Å². The molecule has 1 amide bonds. The number of sulfonamides is 1. The Kier molecular flexibility index (Phi) is 4.22. The van der Waals surface area contributed by atoms with E-state index in [1.807, 2.05) is 4.72 Å². The molecular weight excluding hydrogens is 296 g/mol. The summed E-state index contributed by atoms with van der Waals surface area (Å²) >= 11 is 0.623. The van der Waals surface area contributed by atoms with Gasteiger partial charge in [-0.05, 0) is 13.8 Å². The minimum atomic E-state index is -4.12. The maximum atomic E-state index is 11.9. The van der Waals surface area contributed by atoms with E-state index in [-0.39, 0.29) is 5.13 Å². The molecule has 0 aliphatic rings. The van der Waals surface area contributed by atoms with E-state index in [0.29, 0.717) is 11.3 Å². The van der Waals surface area contributed by atoms with Gasteiger partial charge in [-0.2, -0.15) is 4.72 Å². The highest BCUT2D eigenvalue weighted by Gasteiger charge is 2.34. The summed E-state index contributed by atoms with van der Waals surface area (Å²) < 4.78 is 25.3. The molecule has 0 saturated heterocycles. The second-order valence-corrected chi connectivity index (χ2v) is 6.92. The van der Waals surface area contributed by atoms with Crippen LogP contribution in [0.15, 0.2) is 4.34 Å². The van der Waals surface area contributed by atoms with Gasteiger partial charge >= 0.3 is 5.97 Å². The van der Waals surface area contributed by atoms with Crippen molar-refractivity contribution in [1.82, 2.24) is 14.9 Å². The van der Waals surface area contributed by atoms with Gasteiger partial charge < -0.3 is 10.4 Å². The number of nitrogens with one attached hydrogen (secondary N) is 2. The van der Waals surface area contributed by atoms with Crippen molar-refractivity contribution in [1.29, 1.82) is 0 Å². The number of carboxylic acid groups (broad SMARTS) is 1. The summed E-state index contributed by atoms with van der Waals surface area (Å²) in [5, 5.41) is 18.0. The first kappa shape index (κ1) is 15.5. The van der Waals surface area contributed by atoms with Crippen LogP contribution >= 0.6 is 11.3 Å². The molecule has 0 spiro atoms. The van der Waals surface area contributed by atoms with E-state index in [2.05, 4.69) is 15.5 Å². The fraction of sp³-hybridized carbons (Fsp3) is 0.500. The van der Waals surface area contributed by atoms with Crippen molar-refractivity contribution in [3.63, 3.8) is 0 Å². The first-order chi connectivity index (χ1) is 8.54.